The highest BCUT2D eigenvalue weighted by Gasteiger charge is 2.31. The van der Waals surface area contributed by atoms with Crippen molar-refractivity contribution in [3.8, 4) is 0 Å². The molecular weight excluding hydrogens is 346 g/mol. The first-order valence-electron chi connectivity index (χ1n) is 8.42. The number of likely N-dealkylation sites (tertiary alicyclic amines) is 1. The molecule has 0 bridgehead atoms. The van der Waals surface area contributed by atoms with Crippen molar-refractivity contribution < 1.29 is 28.3 Å². The molecule has 0 radical (unpaired) electrons. The number of nitrogens with zero attached hydrogens (tertiary/aromatic N) is 2. The van der Waals surface area contributed by atoms with Crippen LogP contribution in [0.4, 0.5) is 8.78 Å². The predicted octanol–water partition coefficient (Wildman–Crippen LogP) is 2.00. The second-order valence-electron chi connectivity index (χ2n) is 6.65. The zero-order chi connectivity index (χ0) is 19.4. The highest BCUT2D eigenvalue weighted by atomic mass is 19.1. The average Bonchev–Trinajstić information content (AvgIpc) is 2.60. The lowest BCUT2D eigenvalue weighted by Gasteiger charge is -2.33. The number of halogens is 2. The van der Waals surface area contributed by atoms with E-state index in [1.165, 1.54) is 16.7 Å². The normalized spacial score (nSPS) is 16.2. The fourth-order valence-electron chi connectivity index (χ4n) is 3.05. The zero-order valence-electron chi connectivity index (χ0n) is 14.7. The van der Waals surface area contributed by atoms with Crippen LogP contribution in [0.25, 0.3) is 0 Å². The van der Waals surface area contributed by atoms with Crippen LogP contribution in [0.3, 0.4) is 0 Å². The molecule has 1 saturated heterocycles. The monoisotopic (exact) mass is 368 g/mol. The maximum Gasteiger partial charge on any atom is 0.308 e. The van der Waals surface area contributed by atoms with Crippen LogP contribution in [0, 0.1) is 23.5 Å². The Hall–Kier alpha value is -2.51. The Balaban J connectivity index is 1.93. The van der Waals surface area contributed by atoms with Crippen LogP contribution in [0.5, 0.6) is 0 Å². The Labute approximate surface area is 150 Å². The second-order valence-corrected chi connectivity index (χ2v) is 6.65. The molecule has 0 aromatic heterocycles. The summed E-state index contributed by atoms with van der Waals surface area (Å²) >= 11 is 0. The molecule has 1 N–H and O–H groups in total. The second kappa shape index (κ2) is 8.25. The minimum absolute atomic E-state index is 0.119. The van der Waals surface area contributed by atoms with Crippen molar-refractivity contribution in [3.05, 3.63) is 35.4 Å². The van der Waals surface area contributed by atoms with Gasteiger partial charge in [0, 0.05) is 38.7 Å². The first-order chi connectivity index (χ1) is 12.2. The van der Waals surface area contributed by atoms with Crippen LogP contribution in [-0.2, 0) is 9.59 Å². The summed E-state index contributed by atoms with van der Waals surface area (Å²) in [5.74, 6) is -4.27. The van der Waals surface area contributed by atoms with E-state index in [0.717, 1.165) is 12.1 Å². The lowest BCUT2D eigenvalue weighted by atomic mass is 9.94. The number of benzene rings is 1. The summed E-state index contributed by atoms with van der Waals surface area (Å²) in [5, 5.41) is 8.93. The standard InChI is InChI=1S/C18H22F2N2O4/c1-11(18(25)26)10-21(2)16(23)12-5-7-22(8-6-12)17(24)14-4-3-13(19)9-15(14)20/h3-4,9,11-12H,5-8,10H2,1-2H3,(H,25,26). The molecule has 8 heteroatoms. The van der Waals surface area contributed by atoms with Gasteiger partial charge in [-0.2, -0.15) is 0 Å². The molecule has 1 unspecified atom stereocenters. The van der Waals surface area contributed by atoms with Crippen molar-refractivity contribution in [2.75, 3.05) is 26.7 Å². The number of hydrogen-bond acceptors (Lipinski definition) is 3. The number of carbonyl (C=O) groups excluding carboxylic acids is 2. The summed E-state index contributed by atoms with van der Waals surface area (Å²) < 4.78 is 26.7. The molecule has 6 nitrogen and oxygen atoms in total. The number of carbonyl (C=O) groups is 3. The van der Waals surface area contributed by atoms with Gasteiger partial charge in [0.1, 0.15) is 11.6 Å². The van der Waals surface area contributed by atoms with E-state index in [-0.39, 0.29) is 37.0 Å². The van der Waals surface area contributed by atoms with Gasteiger partial charge in [-0.05, 0) is 25.0 Å². The van der Waals surface area contributed by atoms with Gasteiger partial charge in [0.25, 0.3) is 5.91 Å². The molecule has 1 aliphatic rings. The third-order valence-corrected chi connectivity index (χ3v) is 4.64. The molecule has 0 saturated carbocycles. The molecule has 1 aromatic carbocycles. The fraction of sp³-hybridized carbons (Fsp3) is 0.500. The molecular formula is C18H22F2N2O4. The highest BCUT2D eigenvalue weighted by Crippen LogP contribution is 2.22. The summed E-state index contributed by atoms with van der Waals surface area (Å²) in [6, 6.07) is 2.82. The van der Waals surface area contributed by atoms with Crippen LogP contribution < -0.4 is 0 Å². The van der Waals surface area contributed by atoms with Crippen molar-refractivity contribution in [2.45, 2.75) is 19.8 Å². The molecule has 26 heavy (non-hydrogen) atoms. The first-order valence-corrected chi connectivity index (χ1v) is 8.42. The molecule has 2 rings (SSSR count). The van der Waals surface area contributed by atoms with Crippen molar-refractivity contribution in [1.82, 2.24) is 9.80 Å². The molecule has 142 valence electrons. The number of hydrogen-bond donors (Lipinski definition) is 1. The van der Waals surface area contributed by atoms with Gasteiger partial charge in [0.2, 0.25) is 5.91 Å². The smallest absolute Gasteiger partial charge is 0.308 e. The molecule has 0 aliphatic carbocycles. The van der Waals surface area contributed by atoms with Crippen molar-refractivity contribution in [3.63, 3.8) is 0 Å². The van der Waals surface area contributed by atoms with E-state index in [1.54, 1.807) is 7.05 Å². The van der Waals surface area contributed by atoms with Crippen molar-refractivity contribution in [2.24, 2.45) is 11.8 Å². The molecule has 0 spiro atoms. The fourth-order valence-corrected chi connectivity index (χ4v) is 3.05. The van der Waals surface area contributed by atoms with Crippen LogP contribution in [0.2, 0.25) is 0 Å². The zero-order valence-corrected chi connectivity index (χ0v) is 14.7. The van der Waals surface area contributed by atoms with Crippen LogP contribution in [-0.4, -0.2) is 59.4 Å². The third-order valence-electron chi connectivity index (χ3n) is 4.64. The minimum Gasteiger partial charge on any atom is -0.481 e. The molecule has 2 amide bonds. The maximum atomic E-state index is 13.8. The van der Waals surface area contributed by atoms with E-state index in [1.807, 2.05) is 0 Å². The van der Waals surface area contributed by atoms with Gasteiger partial charge in [-0.1, -0.05) is 6.92 Å². The van der Waals surface area contributed by atoms with Gasteiger partial charge < -0.3 is 14.9 Å². The summed E-state index contributed by atoms with van der Waals surface area (Å²) in [6.45, 7) is 2.22. The summed E-state index contributed by atoms with van der Waals surface area (Å²) in [6.07, 6.45) is 0.832. The SMILES string of the molecule is CC(CN(C)C(=O)C1CCN(C(=O)c2ccc(F)cc2F)CC1)C(=O)O. The van der Waals surface area contributed by atoms with Crippen LogP contribution in [0.15, 0.2) is 18.2 Å². The van der Waals surface area contributed by atoms with Crippen molar-refractivity contribution >= 4 is 17.8 Å². The number of carboxylic acids is 1. The van der Waals surface area contributed by atoms with Gasteiger partial charge in [0.05, 0.1) is 11.5 Å². The molecule has 1 fully saturated rings. The van der Waals surface area contributed by atoms with E-state index in [2.05, 4.69) is 0 Å². The van der Waals surface area contributed by atoms with Crippen LogP contribution >= 0.6 is 0 Å². The Kier molecular flexibility index (Phi) is 6.28. The van der Waals surface area contributed by atoms with Crippen LogP contribution in [0.1, 0.15) is 30.1 Å². The Morgan fingerprint density at radius 1 is 1.27 bits per heavy atom. The largest absolute Gasteiger partial charge is 0.481 e. The third kappa shape index (κ3) is 4.56. The quantitative estimate of drug-likeness (QED) is 0.862. The number of amides is 2. The minimum atomic E-state index is -0.966. The van der Waals surface area contributed by atoms with E-state index in [9.17, 15) is 23.2 Å². The summed E-state index contributed by atoms with van der Waals surface area (Å²) in [7, 11) is 1.56. The molecule has 1 aliphatic heterocycles. The molecule has 1 heterocycles. The van der Waals surface area contributed by atoms with Gasteiger partial charge in [-0.3, -0.25) is 14.4 Å². The summed E-state index contributed by atoms with van der Waals surface area (Å²) in [5.41, 5.74) is -0.191. The average molecular weight is 368 g/mol. The maximum absolute atomic E-state index is 13.8. The molecule has 1 aromatic rings. The van der Waals surface area contributed by atoms with E-state index >= 15 is 0 Å². The lowest BCUT2D eigenvalue weighted by molar-refractivity contribution is -0.143. The van der Waals surface area contributed by atoms with E-state index in [4.69, 9.17) is 5.11 Å². The number of carboxylic acid groups (broad SMARTS) is 1. The predicted molar refractivity (Wildman–Crippen MR) is 89.4 cm³/mol. The number of piperidine rings is 1. The summed E-state index contributed by atoms with van der Waals surface area (Å²) in [4.78, 5) is 38.5. The van der Waals surface area contributed by atoms with E-state index < -0.39 is 29.4 Å². The van der Waals surface area contributed by atoms with E-state index in [0.29, 0.717) is 18.9 Å². The number of rotatable bonds is 5. The number of aliphatic carboxylic acids is 1. The van der Waals surface area contributed by atoms with Crippen molar-refractivity contribution in [1.29, 1.82) is 0 Å². The highest BCUT2D eigenvalue weighted by molar-refractivity contribution is 5.94. The topological polar surface area (TPSA) is 77.9 Å². The van der Waals surface area contributed by atoms with Gasteiger partial charge in [-0.25, -0.2) is 8.78 Å². The first kappa shape index (κ1) is 19.8. The molecule has 1 atom stereocenters. The van der Waals surface area contributed by atoms with Gasteiger partial charge >= 0.3 is 5.97 Å². The lowest BCUT2D eigenvalue weighted by Crippen LogP contribution is -2.44. The Bertz CT molecular complexity index is 702. The van der Waals surface area contributed by atoms with Gasteiger partial charge in [0.15, 0.2) is 0 Å². The van der Waals surface area contributed by atoms with Gasteiger partial charge in [-0.15, -0.1) is 0 Å². The Morgan fingerprint density at radius 3 is 2.42 bits per heavy atom. The Morgan fingerprint density at radius 2 is 1.88 bits per heavy atom.